The lowest BCUT2D eigenvalue weighted by molar-refractivity contribution is 0.626. The first-order chi connectivity index (χ1) is 8.25. The van der Waals surface area contributed by atoms with E-state index < -0.39 is 0 Å². The number of hydrogen-bond acceptors (Lipinski definition) is 3. The summed E-state index contributed by atoms with van der Waals surface area (Å²) in [6.07, 6.45) is 1.71. The number of fused-ring (bicyclic) bond motifs is 1. The van der Waals surface area contributed by atoms with Crippen molar-refractivity contribution in [2.45, 2.75) is 6.92 Å². The van der Waals surface area contributed by atoms with Gasteiger partial charge < -0.3 is 10.2 Å². The lowest BCUT2D eigenvalue weighted by Gasteiger charge is -1.99. The summed E-state index contributed by atoms with van der Waals surface area (Å²) in [6.45, 7) is 2.03. The number of aryl methyl sites for hydroxylation is 1. The molecule has 0 fully saturated rings. The van der Waals surface area contributed by atoms with E-state index in [0.717, 1.165) is 16.5 Å². The zero-order valence-electron chi connectivity index (χ0n) is 9.47. The van der Waals surface area contributed by atoms with Gasteiger partial charge in [0.25, 0.3) is 0 Å². The van der Waals surface area contributed by atoms with Crippen LogP contribution in [0.15, 0.2) is 47.0 Å². The minimum absolute atomic E-state index is 0.629. The fraction of sp³-hybridized carbons (Fsp3) is 0.0714. The van der Waals surface area contributed by atoms with E-state index in [2.05, 4.69) is 4.98 Å². The van der Waals surface area contributed by atoms with Gasteiger partial charge in [-0.05, 0) is 30.7 Å². The molecule has 84 valence electrons. The van der Waals surface area contributed by atoms with Gasteiger partial charge in [0.15, 0.2) is 5.76 Å². The summed E-state index contributed by atoms with van der Waals surface area (Å²) < 4.78 is 5.82. The van der Waals surface area contributed by atoms with Gasteiger partial charge in [-0.15, -0.1) is 0 Å². The van der Waals surface area contributed by atoms with Crippen LogP contribution >= 0.6 is 0 Å². The topological polar surface area (TPSA) is 52.0 Å². The highest BCUT2D eigenvalue weighted by atomic mass is 16.3. The maximum atomic E-state index is 5.89. The molecule has 0 aliphatic carbocycles. The summed E-state index contributed by atoms with van der Waals surface area (Å²) in [5.74, 6) is 0.715. The van der Waals surface area contributed by atoms with E-state index in [1.54, 1.807) is 6.20 Å². The number of anilines is 1. The van der Waals surface area contributed by atoms with Gasteiger partial charge in [0.05, 0.1) is 5.69 Å². The van der Waals surface area contributed by atoms with E-state index in [9.17, 15) is 0 Å². The normalized spacial score (nSPS) is 10.9. The number of nitrogens with zero attached hydrogens (tertiary/aromatic N) is 1. The predicted octanol–water partition coefficient (Wildman–Crippen LogP) is 3.39. The quantitative estimate of drug-likeness (QED) is 0.689. The minimum Gasteiger partial charge on any atom is -0.454 e. The minimum atomic E-state index is 0.629. The molecule has 0 aliphatic rings. The Hall–Kier alpha value is -2.29. The van der Waals surface area contributed by atoms with Crippen molar-refractivity contribution < 1.29 is 4.42 Å². The predicted molar refractivity (Wildman–Crippen MR) is 68.6 cm³/mol. The number of nitrogen functional groups attached to an aromatic ring is 1. The Morgan fingerprint density at radius 1 is 1.18 bits per heavy atom. The van der Waals surface area contributed by atoms with Crippen LogP contribution in [-0.4, -0.2) is 4.98 Å². The van der Waals surface area contributed by atoms with Crippen molar-refractivity contribution in [3.8, 4) is 11.5 Å². The molecule has 0 spiro atoms. The highest BCUT2D eigenvalue weighted by Crippen LogP contribution is 2.30. The van der Waals surface area contributed by atoms with Crippen LogP contribution in [0.25, 0.3) is 22.4 Å². The number of furan rings is 1. The Morgan fingerprint density at radius 2 is 2.06 bits per heavy atom. The largest absolute Gasteiger partial charge is 0.454 e. The van der Waals surface area contributed by atoms with Crippen LogP contribution in [0, 0.1) is 6.92 Å². The standard InChI is InChI=1S/C14H12N2O/c1-9-4-2-5-10-8-12(17-14(9)10)13-11(15)6-3-7-16-13/h2-8H,15H2,1H3. The molecule has 2 N–H and O–H groups in total. The summed E-state index contributed by atoms with van der Waals surface area (Å²) in [6, 6.07) is 11.7. The third kappa shape index (κ3) is 1.56. The number of para-hydroxylation sites is 1. The third-order valence-corrected chi connectivity index (χ3v) is 2.81. The summed E-state index contributed by atoms with van der Waals surface area (Å²) in [4.78, 5) is 4.25. The fourth-order valence-corrected chi connectivity index (χ4v) is 1.95. The van der Waals surface area contributed by atoms with Crippen LogP contribution in [0.4, 0.5) is 5.69 Å². The second-order valence-electron chi connectivity index (χ2n) is 4.05. The van der Waals surface area contributed by atoms with Crippen molar-refractivity contribution >= 4 is 16.7 Å². The number of aromatic nitrogens is 1. The second kappa shape index (κ2) is 3.63. The van der Waals surface area contributed by atoms with Gasteiger partial charge in [-0.25, -0.2) is 0 Å². The number of hydrogen-bond donors (Lipinski definition) is 1. The SMILES string of the molecule is Cc1cccc2cc(-c3ncccc3N)oc12. The van der Waals surface area contributed by atoms with Crippen LogP contribution in [-0.2, 0) is 0 Å². The second-order valence-corrected chi connectivity index (χ2v) is 4.05. The Labute approximate surface area is 98.9 Å². The van der Waals surface area contributed by atoms with Gasteiger partial charge in [-0.3, -0.25) is 4.98 Å². The van der Waals surface area contributed by atoms with Crippen LogP contribution < -0.4 is 5.73 Å². The number of rotatable bonds is 1. The highest BCUT2D eigenvalue weighted by Gasteiger charge is 2.10. The van der Waals surface area contributed by atoms with Gasteiger partial charge in [-0.2, -0.15) is 0 Å². The number of benzene rings is 1. The summed E-state index contributed by atoms with van der Waals surface area (Å²) in [5, 5.41) is 1.07. The number of pyridine rings is 1. The highest BCUT2D eigenvalue weighted by molar-refractivity contribution is 5.86. The van der Waals surface area contributed by atoms with E-state index in [4.69, 9.17) is 10.2 Å². The molecular formula is C14H12N2O. The van der Waals surface area contributed by atoms with Crippen molar-refractivity contribution in [2.24, 2.45) is 0 Å². The van der Waals surface area contributed by atoms with Gasteiger partial charge in [0.2, 0.25) is 0 Å². The lowest BCUT2D eigenvalue weighted by atomic mass is 10.1. The molecule has 2 aromatic heterocycles. The average molecular weight is 224 g/mol. The molecule has 0 saturated heterocycles. The Kier molecular flexibility index (Phi) is 2.11. The Morgan fingerprint density at radius 3 is 2.82 bits per heavy atom. The fourth-order valence-electron chi connectivity index (χ4n) is 1.95. The molecule has 3 rings (SSSR count). The molecule has 17 heavy (non-hydrogen) atoms. The van der Waals surface area contributed by atoms with E-state index in [0.29, 0.717) is 17.1 Å². The van der Waals surface area contributed by atoms with Crippen LogP contribution in [0.1, 0.15) is 5.56 Å². The molecule has 0 atom stereocenters. The molecule has 0 unspecified atom stereocenters. The van der Waals surface area contributed by atoms with Crippen molar-refractivity contribution in [2.75, 3.05) is 5.73 Å². The smallest absolute Gasteiger partial charge is 0.155 e. The van der Waals surface area contributed by atoms with Crippen molar-refractivity contribution in [3.05, 3.63) is 48.2 Å². The van der Waals surface area contributed by atoms with E-state index in [-0.39, 0.29) is 0 Å². The van der Waals surface area contributed by atoms with Crippen LogP contribution in [0.3, 0.4) is 0 Å². The van der Waals surface area contributed by atoms with Gasteiger partial charge in [0.1, 0.15) is 11.3 Å². The third-order valence-electron chi connectivity index (χ3n) is 2.81. The molecule has 3 nitrogen and oxygen atoms in total. The van der Waals surface area contributed by atoms with Crippen molar-refractivity contribution in [3.63, 3.8) is 0 Å². The molecule has 0 amide bonds. The van der Waals surface area contributed by atoms with E-state index in [1.165, 1.54) is 0 Å². The molecule has 2 heterocycles. The molecule has 1 aromatic carbocycles. The molecule has 0 radical (unpaired) electrons. The molecule has 3 heteroatoms. The van der Waals surface area contributed by atoms with Crippen LogP contribution in [0.5, 0.6) is 0 Å². The first-order valence-corrected chi connectivity index (χ1v) is 5.46. The van der Waals surface area contributed by atoms with Crippen molar-refractivity contribution in [1.82, 2.24) is 4.98 Å². The average Bonchev–Trinajstić information content (AvgIpc) is 2.75. The lowest BCUT2D eigenvalue weighted by Crippen LogP contribution is -1.90. The summed E-state index contributed by atoms with van der Waals surface area (Å²) >= 11 is 0. The maximum Gasteiger partial charge on any atom is 0.155 e. The molecule has 3 aromatic rings. The van der Waals surface area contributed by atoms with Crippen LogP contribution in [0.2, 0.25) is 0 Å². The monoisotopic (exact) mass is 224 g/mol. The summed E-state index contributed by atoms with van der Waals surface area (Å²) in [5.41, 5.74) is 9.23. The first-order valence-electron chi connectivity index (χ1n) is 5.46. The van der Waals surface area contributed by atoms with E-state index >= 15 is 0 Å². The van der Waals surface area contributed by atoms with Gasteiger partial charge in [-0.1, -0.05) is 18.2 Å². The Bertz CT molecular complexity index is 686. The first kappa shape index (κ1) is 9.90. The van der Waals surface area contributed by atoms with Gasteiger partial charge >= 0.3 is 0 Å². The molecule has 0 bridgehead atoms. The van der Waals surface area contributed by atoms with Crippen molar-refractivity contribution in [1.29, 1.82) is 0 Å². The molecule has 0 aliphatic heterocycles. The summed E-state index contributed by atoms with van der Waals surface area (Å²) in [7, 11) is 0. The van der Waals surface area contributed by atoms with E-state index in [1.807, 2.05) is 43.3 Å². The zero-order valence-corrected chi connectivity index (χ0v) is 9.47. The maximum absolute atomic E-state index is 5.89. The Balaban J connectivity index is 2.26. The number of nitrogens with two attached hydrogens (primary N) is 1. The van der Waals surface area contributed by atoms with Gasteiger partial charge in [0, 0.05) is 11.6 Å². The zero-order chi connectivity index (χ0) is 11.8. The molecule has 0 saturated carbocycles. The molecular weight excluding hydrogens is 212 g/mol.